The van der Waals surface area contributed by atoms with E-state index in [9.17, 15) is 0 Å². The average Bonchev–Trinajstić information content (AvgIpc) is 0. The molecule has 0 aromatic carbocycles. The molecule has 0 atom stereocenters. The van der Waals surface area contributed by atoms with Crippen LogP contribution in [-0.4, -0.2) is 0 Å². The number of hydrogen-bond acceptors (Lipinski definition) is 0. The van der Waals surface area contributed by atoms with Crippen molar-refractivity contribution in [2.24, 2.45) is 0 Å². The summed E-state index contributed by atoms with van der Waals surface area (Å²) in [6, 6.07) is 0. The molecule has 4 radical (unpaired) electrons. The Morgan fingerprint density at radius 3 is 0.400 bits per heavy atom. The van der Waals surface area contributed by atoms with Crippen LogP contribution in [0.1, 0.15) is 0 Å². The Morgan fingerprint density at radius 2 is 0.400 bits per heavy atom. The summed E-state index contributed by atoms with van der Waals surface area (Å²) >= 11 is 0. The largest absolute Gasteiger partial charge is 0 e. The maximum absolute atomic E-state index is 0. The van der Waals surface area contributed by atoms with Gasteiger partial charge in [-0.1, -0.05) is 0 Å². The van der Waals surface area contributed by atoms with Gasteiger partial charge in [-0.3, -0.25) is 0 Å². The summed E-state index contributed by atoms with van der Waals surface area (Å²) in [5.41, 5.74) is 0. The Hall–Kier alpha value is 2.96. The van der Waals surface area contributed by atoms with Crippen LogP contribution in [0.25, 0.3) is 0 Å². The molecule has 0 bridgehead atoms. The van der Waals surface area contributed by atoms with Gasteiger partial charge in [0.15, 0.2) is 0 Å². The molecule has 0 saturated carbocycles. The van der Waals surface area contributed by atoms with Gasteiger partial charge in [-0.05, 0) is 0 Å². The Kier molecular flexibility index (Phi) is 248. The predicted octanol–water partition coefficient (Wildman–Crippen LogP) is -0.0125. The summed E-state index contributed by atoms with van der Waals surface area (Å²) in [6.07, 6.45) is 0. The van der Waals surface area contributed by atoms with Gasteiger partial charge in [-0.15, -0.1) is 0 Å². The van der Waals surface area contributed by atoms with E-state index in [-0.39, 0.29) is 94.5 Å². The molecule has 0 rings (SSSR count). The van der Waals surface area contributed by atoms with Gasteiger partial charge in [0.05, 0.1) is 0 Å². The number of hydrogen-bond donors (Lipinski definition) is 0. The Morgan fingerprint density at radius 1 is 0.400 bits per heavy atom. The van der Waals surface area contributed by atoms with Crippen molar-refractivity contribution in [1.82, 2.24) is 0 Å². The average molecular weight is 345 g/mol. The maximum atomic E-state index is 0. The topological polar surface area (TPSA) is 0 Å². The smallest absolute Gasteiger partial charge is 0 e. The SMILES string of the molecule is [Cu].[Cu].[Cu].[Cu].[Zr]. The molecule has 0 aromatic rings. The van der Waals surface area contributed by atoms with Crippen molar-refractivity contribution in [1.29, 1.82) is 0 Å². The Labute approximate surface area is 93.0 Å². The van der Waals surface area contributed by atoms with E-state index in [0.29, 0.717) is 0 Å². The van der Waals surface area contributed by atoms with Crippen LogP contribution in [0, 0.1) is 0 Å². The molecule has 5 heteroatoms. The van der Waals surface area contributed by atoms with Crippen LogP contribution < -0.4 is 0 Å². The van der Waals surface area contributed by atoms with Crippen LogP contribution in [-0.2, 0) is 94.5 Å². The van der Waals surface area contributed by atoms with Gasteiger partial charge in [0.1, 0.15) is 0 Å². The van der Waals surface area contributed by atoms with Gasteiger partial charge < -0.3 is 0 Å². The zero-order valence-corrected chi connectivity index (χ0v) is 7.93. The van der Waals surface area contributed by atoms with Gasteiger partial charge in [0.25, 0.3) is 0 Å². The summed E-state index contributed by atoms with van der Waals surface area (Å²) < 4.78 is 0. The van der Waals surface area contributed by atoms with E-state index in [4.69, 9.17) is 0 Å². The first-order chi connectivity index (χ1) is 0. The van der Waals surface area contributed by atoms with Crippen LogP contribution in [0.2, 0.25) is 0 Å². The minimum atomic E-state index is 0. The first kappa shape index (κ1) is 44.0. The molecule has 0 unspecified atom stereocenters. The van der Waals surface area contributed by atoms with E-state index in [1.165, 1.54) is 0 Å². The quantitative estimate of drug-likeness (QED) is 0.542. The fourth-order valence-corrected chi connectivity index (χ4v) is 0. The second-order valence-electron chi connectivity index (χ2n) is 0. The molecule has 0 aliphatic carbocycles. The minimum Gasteiger partial charge on any atom is 0 e. The van der Waals surface area contributed by atoms with Crippen molar-refractivity contribution in [3.8, 4) is 0 Å². The molecule has 48 valence electrons. The summed E-state index contributed by atoms with van der Waals surface area (Å²) in [5, 5.41) is 0. The molecule has 0 N–H and O–H groups in total. The van der Waals surface area contributed by atoms with Gasteiger partial charge in [-0.25, -0.2) is 0 Å². The van der Waals surface area contributed by atoms with Gasteiger partial charge in [0.2, 0.25) is 0 Å². The fourth-order valence-electron chi connectivity index (χ4n) is 0. The van der Waals surface area contributed by atoms with Crippen molar-refractivity contribution in [2.45, 2.75) is 0 Å². The van der Waals surface area contributed by atoms with E-state index >= 15 is 0 Å². The Balaban J connectivity index is 0. The predicted molar refractivity (Wildman–Crippen MR) is 0 cm³/mol. The molecular formula is Cu4Zr. The summed E-state index contributed by atoms with van der Waals surface area (Å²) in [6.45, 7) is 0. The maximum Gasteiger partial charge on any atom is 0 e. The molecule has 5 heavy (non-hydrogen) atoms. The molecule has 0 aliphatic rings. The summed E-state index contributed by atoms with van der Waals surface area (Å²) in [4.78, 5) is 0. The first-order valence-corrected chi connectivity index (χ1v) is 0. The van der Waals surface area contributed by atoms with E-state index in [1.54, 1.807) is 0 Å². The molecule has 0 nitrogen and oxygen atoms in total. The zero-order chi connectivity index (χ0) is 0. The zero-order valence-electron chi connectivity index (χ0n) is 1.71. The molecular weight excluding hydrogens is 345 g/mol. The summed E-state index contributed by atoms with van der Waals surface area (Å²) in [5.74, 6) is 0. The van der Waals surface area contributed by atoms with E-state index in [1.807, 2.05) is 0 Å². The third kappa shape index (κ3) is 19.5. The van der Waals surface area contributed by atoms with Crippen LogP contribution in [0.3, 0.4) is 0 Å². The van der Waals surface area contributed by atoms with Crippen LogP contribution in [0.4, 0.5) is 0 Å². The third-order valence-electron chi connectivity index (χ3n) is 0. The van der Waals surface area contributed by atoms with Gasteiger partial charge in [-0.2, -0.15) is 0 Å². The monoisotopic (exact) mass is 342 g/mol. The Bertz CT molecular complexity index is 3.61. The van der Waals surface area contributed by atoms with Crippen molar-refractivity contribution < 1.29 is 94.5 Å². The van der Waals surface area contributed by atoms with Crippen molar-refractivity contribution in [2.75, 3.05) is 0 Å². The van der Waals surface area contributed by atoms with Crippen molar-refractivity contribution in [3.63, 3.8) is 0 Å². The van der Waals surface area contributed by atoms with E-state index < -0.39 is 0 Å². The second-order valence-corrected chi connectivity index (χ2v) is 0. The minimum absolute atomic E-state index is 0. The molecule has 0 heterocycles. The molecule has 0 spiro atoms. The van der Waals surface area contributed by atoms with Gasteiger partial charge >= 0.3 is 0 Å². The first-order valence-electron chi connectivity index (χ1n) is 0. The van der Waals surface area contributed by atoms with Gasteiger partial charge in [0, 0.05) is 94.5 Å². The van der Waals surface area contributed by atoms with Crippen LogP contribution in [0.5, 0.6) is 0 Å². The van der Waals surface area contributed by atoms with E-state index in [0.717, 1.165) is 0 Å². The second kappa shape index (κ2) is 28.2. The van der Waals surface area contributed by atoms with Crippen LogP contribution >= 0.6 is 0 Å². The molecule has 0 amide bonds. The molecule has 0 fully saturated rings. The van der Waals surface area contributed by atoms with Crippen LogP contribution in [0.15, 0.2) is 0 Å². The number of rotatable bonds is 0. The van der Waals surface area contributed by atoms with E-state index in [2.05, 4.69) is 0 Å². The molecule has 0 saturated heterocycles. The summed E-state index contributed by atoms with van der Waals surface area (Å²) in [7, 11) is 0. The normalized spacial score (nSPS) is 0. The standard InChI is InChI=1S/4Cu.Zr. The molecule has 0 aromatic heterocycles. The van der Waals surface area contributed by atoms with Crippen molar-refractivity contribution in [3.05, 3.63) is 0 Å². The molecule has 0 aliphatic heterocycles. The fraction of sp³-hybridized carbons (Fsp3) is 0. The third-order valence-corrected chi connectivity index (χ3v) is 0. The van der Waals surface area contributed by atoms with Crippen molar-refractivity contribution >= 4 is 0 Å².